The largest absolute Gasteiger partial charge is 0.322 e. The SMILES string of the molecule is CCCC1NC(CC(C)C)C(=O)N1C1CCCSC1. The van der Waals surface area contributed by atoms with Crippen LogP contribution in [0.5, 0.6) is 0 Å². The van der Waals surface area contributed by atoms with E-state index in [0.717, 1.165) is 25.0 Å². The van der Waals surface area contributed by atoms with E-state index in [-0.39, 0.29) is 12.2 Å². The number of nitrogens with one attached hydrogen (secondary N) is 1. The summed E-state index contributed by atoms with van der Waals surface area (Å²) >= 11 is 2.01. The summed E-state index contributed by atoms with van der Waals surface area (Å²) in [5.41, 5.74) is 0. The first-order valence-corrected chi connectivity index (χ1v) is 8.95. The lowest BCUT2D eigenvalue weighted by molar-refractivity contribution is -0.132. The van der Waals surface area contributed by atoms with Crippen LogP contribution in [0.25, 0.3) is 0 Å². The molecule has 2 aliphatic rings. The number of nitrogens with zero attached hydrogens (tertiary/aromatic N) is 1. The Morgan fingerprint density at radius 1 is 1.47 bits per heavy atom. The zero-order chi connectivity index (χ0) is 13.8. The van der Waals surface area contributed by atoms with Crippen LogP contribution in [0.4, 0.5) is 0 Å². The number of hydrogen-bond acceptors (Lipinski definition) is 3. The third kappa shape index (κ3) is 3.66. The van der Waals surface area contributed by atoms with E-state index in [1.54, 1.807) is 0 Å². The van der Waals surface area contributed by atoms with Crippen molar-refractivity contribution in [2.24, 2.45) is 5.92 Å². The van der Waals surface area contributed by atoms with Crippen LogP contribution in [0.1, 0.15) is 52.9 Å². The average molecular weight is 284 g/mol. The van der Waals surface area contributed by atoms with Crippen LogP contribution < -0.4 is 5.32 Å². The van der Waals surface area contributed by atoms with Crippen LogP contribution in [0.15, 0.2) is 0 Å². The Balaban J connectivity index is 2.05. The van der Waals surface area contributed by atoms with Crippen molar-refractivity contribution in [3.63, 3.8) is 0 Å². The van der Waals surface area contributed by atoms with Crippen LogP contribution in [-0.4, -0.2) is 40.6 Å². The molecule has 1 N–H and O–H groups in total. The average Bonchev–Trinajstić information content (AvgIpc) is 2.67. The summed E-state index contributed by atoms with van der Waals surface area (Å²) in [5, 5.41) is 3.59. The van der Waals surface area contributed by atoms with Crippen molar-refractivity contribution >= 4 is 17.7 Å². The van der Waals surface area contributed by atoms with Crippen molar-refractivity contribution in [2.75, 3.05) is 11.5 Å². The zero-order valence-electron chi connectivity index (χ0n) is 12.5. The fourth-order valence-corrected chi connectivity index (χ4v) is 4.37. The highest BCUT2D eigenvalue weighted by atomic mass is 32.2. The summed E-state index contributed by atoms with van der Waals surface area (Å²) in [5.74, 6) is 3.33. The fraction of sp³-hybridized carbons (Fsp3) is 0.933. The van der Waals surface area contributed by atoms with Gasteiger partial charge in [-0.2, -0.15) is 11.8 Å². The first kappa shape index (κ1) is 15.2. The van der Waals surface area contributed by atoms with Gasteiger partial charge >= 0.3 is 0 Å². The normalized spacial score (nSPS) is 32.3. The van der Waals surface area contributed by atoms with E-state index in [0.29, 0.717) is 17.9 Å². The molecule has 0 aromatic carbocycles. The zero-order valence-corrected chi connectivity index (χ0v) is 13.3. The molecule has 0 aliphatic carbocycles. The summed E-state index contributed by atoms with van der Waals surface area (Å²) in [4.78, 5) is 14.9. The minimum absolute atomic E-state index is 0.0588. The van der Waals surface area contributed by atoms with Gasteiger partial charge in [-0.25, -0.2) is 0 Å². The third-order valence-electron chi connectivity index (χ3n) is 4.08. The lowest BCUT2D eigenvalue weighted by Crippen LogP contribution is -2.46. The van der Waals surface area contributed by atoms with Crippen LogP contribution in [0.3, 0.4) is 0 Å². The predicted octanol–water partition coefficient (Wildman–Crippen LogP) is 2.85. The van der Waals surface area contributed by atoms with Crippen molar-refractivity contribution in [2.45, 2.75) is 71.1 Å². The minimum atomic E-state index is 0.0588. The van der Waals surface area contributed by atoms with Gasteiger partial charge in [-0.05, 0) is 37.4 Å². The molecule has 0 bridgehead atoms. The second-order valence-electron chi connectivity index (χ2n) is 6.27. The molecule has 2 saturated heterocycles. The van der Waals surface area contributed by atoms with E-state index in [9.17, 15) is 4.79 Å². The van der Waals surface area contributed by atoms with Gasteiger partial charge < -0.3 is 4.90 Å². The molecule has 3 unspecified atom stereocenters. The Hall–Kier alpha value is -0.220. The lowest BCUT2D eigenvalue weighted by Gasteiger charge is -2.34. The second kappa shape index (κ2) is 6.98. The van der Waals surface area contributed by atoms with Gasteiger partial charge in [0, 0.05) is 11.8 Å². The van der Waals surface area contributed by atoms with E-state index >= 15 is 0 Å². The summed E-state index contributed by atoms with van der Waals surface area (Å²) < 4.78 is 0. The van der Waals surface area contributed by atoms with Gasteiger partial charge in [0.05, 0.1) is 12.2 Å². The van der Waals surface area contributed by atoms with Crippen LogP contribution >= 0.6 is 11.8 Å². The maximum Gasteiger partial charge on any atom is 0.241 e. The molecule has 1 amide bonds. The van der Waals surface area contributed by atoms with Gasteiger partial charge in [0.15, 0.2) is 0 Å². The minimum Gasteiger partial charge on any atom is -0.322 e. The molecule has 3 nitrogen and oxygen atoms in total. The highest BCUT2D eigenvalue weighted by molar-refractivity contribution is 7.99. The van der Waals surface area contributed by atoms with E-state index in [2.05, 4.69) is 31.0 Å². The Bertz CT molecular complexity index is 303. The van der Waals surface area contributed by atoms with E-state index in [1.165, 1.54) is 18.6 Å². The summed E-state index contributed by atoms with van der Waals surface area (Å²) in [6.07, 6.45) is 5.92. The first-order valence-electron chi connectivity index (χ1n) is 7.79. The second-order valence-corrected chi connectivity index (χ2v) is 7.42. The maximum absolute atomic E-state index is 12.7. The number of thioether (sulfide) groups is 1. The monoisotopic (exact) mass is 284 g/mol. The molecule has 4 heteroatoms. The van der Waals surface area contributed by atoms with Crippen molar-refractivity contribution in [3.8, 4) is 0 Å². The molecule has 0 radical (unpaired) electrons. The van der Waals surface area contributed by atoms with Crippen molar-refractivity contribution in [1.29, 1.82) is 0 Å². The van der Waals surface area contributed by atoms with E-state index < -0.39 is 0 Å². The number of carbonyl (C=O) groups is 1. The van der Waals surface area contributed by atoms with Crippen molar-refractivity contribution in [1.82, 2.24) is 10.2 Å². The molecule has 2 fully saturated rings. The Morgan fingerprint density at radius 3 is 2.84 bits per heavy atom. The van der Waals surface area contributed by atoms with Gasteiger partial charge in [0.2, 0.25) is 5.91 Å². The van der Waals surface area contributed by atoms with E-state index in [4.69, 9.17) is 0 Å². The maximum atomic E-state index is 12.7. The highest BCUT2D eigenvalue weighted by Gasteiger charge is 2.42. The topological polar surface area (TPSA) is 32.3 Å². The molecule has 110 valence electrons. The molecular weight excluding hydrogens is 256 g/mol. The van der Waals surface area contributed by atoms with Gasteiger partial charge in [-0.15, -0.1) is 0 Å². The molecule has 3 atom stereocenters. The third-order valence-corrected chi connectivity index (χ3v) is 5.28. The summed E-state index contributed by atoms with van der Waals surface area (Å²) in [6.45, 7) is 6.60. The predicted molar refractivity (Wildman–Crippen MR) is 82.3 cm³/mol. The molecule has 2 heterocycles. The molecule has 2 aliphatic heterocycles. The van der Waals surface area contributed by atoms with Crippen molar-refractivity contribution in [3.05, 3.63) is 0 Å². The van der Waals surface area contributed by atoms with Gasteiger partial charge in [-0.3, -0.25) is 10.1 Å². The Labute approximate surface area is 121 Å². The number of rotatable bonds is 5. The van der Waals surface area contributed by atoms with Crippen molar-refractivity contribution < 1.29 is 4.79 Å². The van der Waals surface area contributed by atoms with Gasteiger partial charge in [0.1, 0.15) is 0 Å². The Morgan fingerprint density at radius 2 is 2.26 bits per heavy atom. The van der Waals surface area contributed by atoms with Crippen LogP contribution in [0.2, 0.25) is 0 Å². The number of hydrogen-bond donors (Lipinski definition) is 1. The van der Waals surface area contributed by atoms with Crippen LogP contribution in [0, 0.1) is 5.92 Å². The van der Waals surface area contributed by atoms with Crippen LogP contribution in [-0.2, 0) is 4.79 Å². The standard InChI is InChI=1S/C15H28N2OS/c1-4-6-14-16-13(9-11(2)3)15(18)17(14)12-7-5-8-19-10-12/h11-14,16H,4-10H2,1-3H3. The number of amides is 1. The molecule has 19 heavy (non-hydrogen) atoms. The van der Waals surface area contributed by atoms with Gasteiger partial charge in [0.25, 0.3) is 0 Å². The molecule has 0 spiro atoms. The quantitative estimate of drug-likeness (QED) is 0.842. The molecular formula is C15H28N2OS. The smallest absolute Gasteiger partial charge is 0.241 e. The molecule has 0 aromatic rings. The molecule has 2 rings (SSSR count). The molecule has 0 saturated carbocycles. The summed E-state index contributed by atoms with van der Waals surface area (Å²) in [7, 11) is 0. The summed E-state index contributed by atoms with van der Waals surface area (Å²) in [6, 6.07) is 0.524. The lowest BCUT2D eigenvalue weighted by atomic mass is 10.0. The first-order chi connectivity index (χ1) is 9.13. The van der Waals surface area contributed by atoms with E-state index in [1.807, 2.05) is 11.8 Å². The fourth-order valence-electron chi connectivity index (χ4n) is 3.23. The Kier molecular flexibility index (Phi) is 5.58. The highest BCUT2D eigenvalue weighted by Crippen LogP contribution is 2.28. The number of carbonyl (C=O) groups excluding carboxylic acids is 1. The van der Waals surface area contributed by atoms with Gasteiger partial charge in [-0.1, -0.05) is 27.2 Å². The molecule has 0 aromatic heterocycles.